The Bertz CT molecular complexity index is 399. The highest BCUT2D eigenvalue weighted by molar-refractivity contribution is 5.82. The van der Waals surface area contributed by atoms with E-state index in [-0.39, 0.29) is 23.2 Å². The van der Waals surface area contributed by atoms with E-state index in [9.17, 15) is 14.9 Å². The van der Waals surface area contributed by atoms with Crippen molar-refractivity contribution in [3.63, 3.8) is 0 Å². The predicted octanol–water partition coefficient (Wildman–Crippen LogP) is 2.40. The van der Waals surface area contributed by atoms with Crippen LogP contribution in [-0.2, 0) is 4.79 Å². The smallest absolute Gasteiger partial charge is 0.214 e. The Kier molecular flexibility index (Phi) is 3.56. The average molecular weight is 237 g/mol. The van der Waals surface area contributed by atoms with Gasteiger partial charge in [0.25, 0.3) is 0 Å². The van der Waals surface area contributed by atoms with Gasteiger partial charge in [0.1, 0.15) is 11.5 Å². The van der Waals surface area contributed by atoms with Crippen LogP contribution in [0.25, 0.3) is 0 Å². The van der Waals surface area contributed by atoms with Crippen molar-refractivity contribution in [2.75, 3.05) is 6.54 Å². The summed E-state index contributed by atoms with van der Waals surface area (Å²) in [6.45, 7) is -0.232. The van der Waals surface area contributed by atoms with Crippen molar-refractivity contribution in [3.05, 3.63) is 34.3 Å². The van der Waals surface area contributed by atoms with Crippen LogP contribution >= 0.6 is 0 Å². The number of furan rings is 1. The number of ketones is 1. The molecular formula is C12H15NO4. The summed E-state index contributed by atoms with van der Waals surface area (Å²) in [4.78, 5) is 22.2. The molecule has 1 aromatic heterocycles. The van der Waals surface area contributed by atoms with Gasteiger partial charge in [0.05, 0.1) is 12.2 Å². The monoisotopic (exact) mass is 237 g/mol. The minimum atomic E-state index is -0.409. The maximum absolute atomic E-state index is 11.8. The Morgan fingerprint density at radius 1 is 1.53 bits per heavy atom. The first-order valence-electron chi connectivity index (χ1n) is 5.86. The van der Waals surface area contributed by atoms with E-state index in [2.05, 4.69) is 0 Å². The van der Waals surface area contributed by atoms with Crippen molar-refractivity contribution >= 4 is 5.78 Å². The molecule has 5 heteroatoms. The van der Waals surface area contributed by atoms with Gasteiger partial charge in [0.2, 0.25) is 6.54 Å². The summed E-state index contributed by atoms with van der Waals surface area (Å²) in [5.41, 5.74) is 0. The zero-order valence-corrected chi connectivity index (χ0v) is 9.50. The molecule has 0 aromatic carbocycles. The molecule has 2 atom stereocenters. The standard InChI is InChI=1S/C12H15NO4/c14-11-5-2-1-4-9(11)10(8-13(15)16)12-6-3-7-17-12/h3,6-7,9-10H,1-2,4-5,8H2/t9-,10-/m0/s1. The number of carbonyl (C=O) groups is 1. The summed E-state index contributed by atoms with van der Waals surface area (Å²) < 4.78 is 5.24. The van der Waals surface area contributed by atoms with Crippen LogP contribution in [0.4, 0.5) is 0 Å². The van der Waals surface area contributed by atoms with Gasteiger partial charge < -0.3 is 4.42 Å². The molecule has 1 fully saturated rings. The Balaban J connectivity index is 2.20. The van der Waals surface area contributed by atoms with Crippen molar-refractivity contribution < 1.29 is 14.1 Å². The normalized spacial score (nSPS) is 22.4. The summed E-state index contributed by atoms with van der Waals surface area (Å²) in [6.07, 6.45) is 4.64. The Morgan fingerprint density at radius 3 is 2.94 bits per heavy atom. The molecule has 1 aliphatic rings. The molecule has 0 spiro atoms. The summed E-state index contributed by atoms with van der Waals surface area (Å²) in [6, 6.07) is 3.42. The van der Waals surface area contributed by atoms with Gasteiger partial charge in [-0.2, -0.15) is 0 Å². The molecule has 1 heterocycles. The highest BCUT2D eigenvalue weighted by atomic mass is 16.6. The van der Waals surface area contributed by atoms with Gasteiger partial charge >= 0.3 is 0 Å². The molecule has 0 saturated heterocycles. The van der Waals surface area contributed by atoms with Gasteiger partial charge in [-0.1, -0.05) is 6.42 Å². The third-order valence-electron chi connectivity index (χ3n) is 3.34. The van der Waals surface area contributed by atoms with E-state index in [4.69, 9.17) is 4.42 Å². The van der Waals surface area contributed by atoms with Crippen LogP contribution in [0.3, 0.4) is 0 Å². The molecule has 5 nitrogen and oxygen atoms in total. The van der Waals surface area contributed by atoms with Gasteiger partial charge in [-0.3, -0.25) is 14.9 Å². The Labute approximate surface area is 99.0 Å². The van der Waals surface area contributed by atoms with Crippen molar-refractivity contribution in [1.29, 1.82) is 0 Å². The molecule has 0 radical (unpaired) electrons. The van der Waals surface area contributed by atoms with Gasteiger partial charge in [0, 0.05) is 17.3 Å². The minimum Gasteiger partial charge on any atom is -0.469 e. The topological polar surface area (TPSA) is 73.3 Å². The fourth-order valence-corrected chi connectivity index (χ4v) is 2.51. The second-order valence-corrected chi connectivity index (χ2v) is 4.46. The molecule has 0 aliphatic heterocycles. The lowest BCUT2D eigenvalue weighted by atomic mass is 9.78. The predicted molar refractivity (Wildman–Crippen MR) is 60.3 cm³/mol. The third kappa shape index (κ3) is 2.72. The number of nitrogens with zero attached hydrogens (tertiary/aromatic N) is 1. The summed E-state index contributed by atoms with van der Waals surface area (Å²) >= 11 is 0. The minimum absolute atomic E-state index is 0.138. The van der Waals surface area contributed by atoms with Crippen molar-refractivity contribution in [3.8, 4) is 0 Å². The molecule has 0 amide bonds. The maximum atomic E-state index is 11.8. The summed E-state index contributed by atoms with van der Waals surface area (Å²) in [5, 5.41) is 10.7. The number of hydrogen-bond donors (Lipinski definition) is 0. The van der Waals surface area contributed by atoms with E-state index in [0.717, 1.165) is 19.3 Å². The summed E-state index contributed by atoms with van der Waals surface area (Å²) in [7, 11) is 0. The zero-order chi connectivity index (χ0) is 12.3. The van der Waals surface area contributed by atoms with E-state index in [1.54, 1.807) is 12.1 Å². The molecular weight excluding hydrogens is 222 g/mol. The molecule has 0 bridgehead atoms. The zero-order valence-electron chi connectivity index (χ0n) is 9.50. The first-order chi connectivity index (χ1) is 8.18. The van der Waals surface area contributed by atoms with Crippen LogP contribution in [0.5, 0.6) is 0 Å². The number of nitro groups is 1. The van der Waals surface area contributed by atoms with Gasteiger partial charge in [-0.15, -0.1) is 0 Å². The molecule has 1 saturated carbocycles. The second kappa shape index (κ2) is 5.12. The van der Waals surface area contributed by atoms with E-state index in [1.165, 1.54) is 6.26 Å². The Hall–Kier alpha value is -1.65. The second-order valence-electron chi connectivity index (χ2n) is 4.46. The molecule has 0 unspecified atom stereocenters. The van der Waals surface area contributed by atoms with E-state index >= 15 is 0 Å². The molecule has 92 valence electrons. The largest absolute Gasteiger partial charge is 0.469 e. The molecule has 2 rings (SSSR count). The SMILES string of the molecule is O=C1CCCC[C@H]1[C@H](C[N+](=O)[O-])c1ccco1. The maximum Gasteiger partial charge on any atom is 0.214 e. The highest BCUT2D eigenvalue weighted by Crippen LogP contribution is 2.34. The highest BCUT2D eigenvalue weighted by Gasteiger charge is 2.36. The molecule has 1 aliphatic carbocycles. The van der Waals surface area contributed by atoms with Crippen molar-refractivity contribution in [1.82, 2.24) is 0 Å². The quantitative estimate of drug-likeness (QED) is 0.595. The summed E-state index contributed by atoms with van der Waals surface area (Å²) in [5.74, 6) is 0.0366. The molecule has 0 N–H and O–H groups in total. The number of carbonyl (C=O) groups excluding carboxylic acids is 1. The van der Waals surface area contributed by atoms with Crippen LogP contribution in [-0.4, -0.2) is 17.3 Å². The first-order valence-corrected chi connectivity index (χ1v) is 5.86. The van der Waals surface area contributed by atoms with Gasteiger partial charge in [-0.25, -0.2) is 0 Å². The molecule has 1 aromatic rings. The van der Waals surface area contributed by atoms with Crippen molar-refractivity contribution in [2.24, 2.45) is 5.92 Å². The van der Waals surface area contributed by atoms with Gasteiger partial charge in [-0.05, 0) is 25.0 Å². The van der Waals surface area contributed by atoms with Gasteiger partial charge in [0.15, 0.2) is 0 Å². The lowest BCUT2D eigenvalue weighted by Crippen LogP contribution is -2.29. The average Bonchev–Trinajstić information content (AvgIpc) is 2.80. The number of Topliss-reactive ketones (excluding diaryl/α,β-unsaturated/α-hetero) is 1. The number of hydrogen-bond acceptors (Lipinski definition) is 4. The number of rotatable bonds is 4. The van der Waals surface area contributed by atoms with E-state index in [0.29, 0.717) is 12.2 Å². The third-order valence-corrected chi connectivity index (χ3v) is 3.34. The lowest BCUT2D eigenvalue weighted by molar-refractivity contribution is -0.485. The van der Waals surface area contributed by atoms with Crippen LogP contribution < -0.4 is 0 Å². The lowest BCUT2D eigenvalue weighted by Gasteiger charge is -2.25. The fourth-order valence-electron chi connectivity index (χ4n) is 2.51. The van der Waals surface area contributed by atoms with Crippen LogP contribution in [0.2, 0.25) is 0 Å². The van der Waals surface area contributed by atoms with E-state index in [1.807, 2.05) is 0 Å². The van der Waals surface area contributed by atoms with Crippen LogP contribution in [0.1, 0.15) is 37.4 Å². The van der Waals surface area contributed by atoms with Crippen LogP contribution in [0.15, 0.2) is 22.8 Å². The van der Waals surface area contributed by atoms with Crippen molar-refractivity contribution in [2.45, 2.75) is 31.6 Å². The first kappa shape index (κ1) is 11.8. The van der Waals surface area contributed by atoms with E-state index < -0.39 is 5.92 Å². The van der Waals surface area contributed by atoms with Crippen LogP contribution in [0, 0.1) is 16.0 Å². The Morgan fingerprint density at radius 2 is 2.35 bits per heavy atom. The molecule has 17 heavy (non-hydrogen) atoms. The fraction of sp³-hybridized carbons (Fsp3) is 0.583.